The molecule has 2 N–H and O–H groups in total. The molecule has 5 heteroatoms. The first-order valence-electron chi connectivity index (χ1n) is 8.91. The standard InChI is InChI=1S/C20H24N4O/c1-14-4-3-5-15(12-14)17-13-21-24-11-8-18(23-19(17)24)22-16-6-9-20(2,25)10-7-16/h3-5,8,11-13,16,25H,6-7,9-10H2,1-2H3,(H,22,23). The second-order valence-electron chi connectivity index (χ2n) is 7.42. The number of rotatable bonds is 3. The van der Waals surface area contributed by atoms with Crippen LogP contribution in [0.25, 0.3) is 16.8 Å². The number of hydrogen-bond acceptors (Lipinski definition) is 4. The summed E-state index contributed by atoms with van der Waals surface area (Å²) in [6.07, 6.45) is 7.40. The molecule has 0 spiro atoms. The Morgan fingerprint density at radius 2 is 2.04 bits per heavy atom. The van der Waals surface area contributed by atoms with Crippen molar-refractivity contribution in [2.75, 3.05) is 5.32 Å². The summed E-state index contributed by atoms with van der Waals surface area (Å²) in [5.41, 5.74) is 3.74. The van der Waals surface area contributed by atoms with E-state index in [1.54, 1.807) is 0 Å². The van der Waals surface area contributed by atoms with Gasteiger partial charge in [0.2, 0.25) is 0 Å². The summed E-state index contributed by atoms with van der Waals surface area (Å²) in [7, 11) is 0. The molecule has 0 bridgehead atoms. The fourth-order valence-electron chi connectivity index (χ4n) is 3.56. The molecule has 1 fully saturated rings. The van der Waals surface area contributed by atoms with Gasteiger partial charge in [-0.2, -0.15) is 5.10 Å². The second-order valence-corrected chi connectivity index (χ2v) is 7.42. The van der Waals surface area contributed by atoms with E-state index in [1.165, 1.54) is 5.56 Å². The molecule has 1 aliphatic carbocycles. The monoisotopic (exact) mass is 336 g/mol. The zero-order valence-electron chi connectivity index (χ0n) is 14.7. The fraction of sp³-hybridized carbons (Fsp3) is 0.400. The minimum Gasteiger partial charge on any atom is -0.390 e. The molecular formula is C20H24N4O. The number of nitrogens with one attached hydrogen (secondary N) is 1. The molecule has 1 aromatic carbocycles. The first kappa shape index (κ1) is 16.1. The number of fused-ring (bicyclic) bond motifs is 1. The topological polar surface area (TPSA) is 62.5 Å². The van der Waals surface area contributed by atoms with Crippen molar-refractivity contribution in [3.05, 3.63) is 48.3 Å². The highest BCUT2D eigenvalue weighted by Crippen LogP contribution is 2.30. The van der Waals surface area contributed by atoms with Crippen molar-refractivity contribution >= 4 is 11.5 Å². The Hall–Kier alpha value is -2.40. The molecule has 25 heavy (non-hydrogen) atoms. The normalized spacial score (nSPS) is 23.7. The zero-order chi connectivity index (χ0) is 17.4. The molecule has 4 rings (SSSR count). The molecule has 5 nitrogen and oxygen atoms in total. The lowest BCUT2D eigenvalue weighted by Gasteiger charge is -2.33. The van der Waals surface area contributed by atoms with Gasteiger partial charge in [0.05, 0.1) is 11.8 Å². The minimum absolute atomic E-state index is 0.362. The van der Waals surface area contributed by atoms with E-state index in [4.69, 9.17) is 4.98 Å². The molecule has 2 heterocycles. The van der Waals surface area contributed by atoms with E-state index in [1.807, 2.05) is 29.9 Å². The lowest BCUT2D eigenvalue weighted by molar-refractivity contribution is 0.0196. The SMILES string of the molecule is Cc1cccc(-c2cnn3ccc(NC4CCC(C)(O)CC4)nc23)c1. The van der Waals surface area contributed by atoms with E-state index in [0.717, 1.165) is 48.3 Å². The molecule has 0 atom stereocenters. The molecule has 3 aromatic rings. The number of aryl methyl sites for hydroxylation is 1. The highest BCUT2D eigenvalue weighted by Gasteiger charge is 2.28. The highest BCUT2D eigenvalue weighted by molar-refractivity contribution is 5.78. The van der Waals surface area contributed by atoms with Crippen molar-refractivity contribution in [2.24, 2.45) is 0 Å². The quantitative estimate of drug-likeness (QED) is 0.763. The van der Waals surface area contributed by atoms with Crippen LogP contribution >= 0.6 is 0 Å². The van der Waals surface area contributed by atoms with E-state index >= 15 is 0 Å². The number of anilines is 1. The van der Waals surface area contributed by atoms with Crippen molar-refractivity contribution in [2.45, 2.75) is 51.2 Å². The summed E-state index contributed by atoms with van der Waals surface area (Å²) >= 11 is 0. The van der Waals surface area contributed by atoms with Gasteiger partial charge >= 0.3 is 0 Å². The van der Waals surface area contributed by atoms with Crippen LogP contribution in [0, 0.1) is 6.92 Å². The van der Waals surface area contributed by atoms with E-state index in [9.17, 15) is 5.11 Å². The Bertz CT molecular complexity index is 890. The third-order valence-corrected chi connectivity index (χ3v) is 5.11. The van der Waals surface area contributed by atoms with Gasteiger partial charge in [-0.15, -0.1) is 0 Å². The zero-order valence-corrected chi connectivity index (χ0v) is 14.7. The molecule has 0 radical (unpaired) electrons. The predicted molar refractivity (Wildman–Crippen MR) is 99.7 cm³/mol. The van der Waals surface area contributed by atoms with E-state index < -0.39 is 5.60 Å². The first-order chi connectivity index (χ1) is 12.0. The summed E-state index contributed by atoms with van der Waals surface area (Å²) in [6.45, 7) is 4.02. The third-order valence-electron chi connectivity index (χ3n) is 5.11. The molecule has 0 unspecified atom stereocenters. The summed E-state index contributed by atoms with van der Waals surface area (Å²) in [6, 6.07) is 10.7. The smallest absolute Gasteiger partial charge is 0.165 e. The number of hydrogen-bond donors (Lipinski definition) is 2. The second kappa shape index (κ2) is 6.15. The minimum atomic E-state index is -0.515. The van der Waals surface area contributed by atoms with Crippen molar-refractivity contribution in [3.63, 3.8) is 0 Å². The van der Waals surface area contributed by atoms with Gasteiger partial charge in [-0.1, -0.05) is 29.8 Å². The summed E-state index contributed by atoms with van der Waals surface area (Å²) in [5.74, 6) is 0.869. The lowest BCUT2D eigenvalue weighted by Crippen LogP contribution is -2.35. The Labute approximate surface area is 147 Å². The molecule has 130 valence electrons. The van der Waals surface area contributed by atoms with E-state index in [-0.39, 0.29) is 0 Å². The molecule has 2 aromatic heterocycles. The molecule has 1 aliphatic rings. The number of nitrogens with zero attached hydrogens (tertiary/aromatic N) is 3. The Balaban J connectivity index is 1.61. The van der Waals surface area contributed by atoms with E-state index in [0.29, 0.717) is 6.04 Å². The average Bonchev–Trinajstić information content (AvgIpc) is 3.00. The molecule has 0 amide bonds. The van der Waals surface area contributed by atoms with Gasteiger partial charge in [0, 0.05) is 17.8 Å². The molecule has 0 aliphatic heterocycles. The number of aliphatic hydroxyl groups is 1. The van der Waals surface area contributed by atoms with Gasteiger partial charge in [0.15, 0.2) is 5.65 Å². The Kier molecular flexibility index (Phi) is 3.96. The van der Waals surface area contributed by atoms with Crippen LogP contribution in [0.5, 0.6) is 0 Å². The van der Waals surface area contributed by atoms with E-state index in [2.05, 4.69) is 41.6 Å². The average molecular weight is 336 g/mol. The van der Waals surface area contributed by atoms with Crippen LogP contribution in [0.4, 0.5) is 5.82 Å². The van der Waals surface area contributed by atoms with Crippen LogP contribution < -0.4 is 5.32 Å². The first-order valence-corrected chi connectivity index (χ1v) is 8.91. The van der Waals surface area contributed by atoms with Crippen LogP contribution in [-0.2, 0) is 0 Å². The Morgan fingerprint density at radius 1 is 1.24 bits per heavy atom. The number of aromatic nitrogens is 3. The van der Waals surface area contributed by atoms with Gasteiger partial charge in [0.1, 0.15) is 5.82 Å². The fourth-order valence-corrected chi connectivity index (χ4v) is 3.56. The maximum Gasteiger partial charge on any atom is 0.165 e. The van der Waals surface area contributed by atoms with Crippen molar-refractivity contribution in [1.29, 1.82) is 0 Å². The lowest BCUT2D eigenvalue weighted by atomic mass is 9.84. The van der Waals surface area contributed by atoms with Crippen molar-refractivity contribution in [3.8, 4) is 11.1 Å². The molecule has 1 saturated carbocycles. The van der Waals surface area contributed by atoms with Gasteiger partial charge in [-0.25, -0.2) is 9.50 Å². The van der Waals surface area contributed by atoms with Crippen molar-refractivity contribution in [1.82, 2.24) is 14.6 Å². The Morgan fingerprint density at radius 3 is 2.80 bits per heavy atom. The van der Waals surface area contributed by atoms with Crippen LogP contribution in [0.3, 0.4) is 0 Å². The van der Waals surface area contributed by atoms with Gasteiger partial charge in [-0.05, 0) is 51.2 Å². The van der Waals surface area contributed by atoms with Crippen LogP contribution in [0.2, 0.25) is 0 Å². The van der Waals surface area contributed by atoms with Gasteiger partial charge in [0.25, 0.3) is 0 Å². The summed E-state index contributed by atoms with van der Waals surface area (Å²) in [4.78, 5) is 4.80. The third kappa shape index (κ3) is 3.37. The summed E-state index contributed by atoms with van der Waals surface area (Å²) < 4.78 is 1.81. The predicted octanol–water partition coefficient (Wildman–Crippen LogP) is 3.81. The maximum absolute atomic E-state index is 10.1. The van der Waals surface area contributed by atoms with Gasteiger partial charge in [-0.3, -0.25) is 0 Å². The summed E-state index contributed by atoms with van der Waals surface area (Å²) in [5, 5.41) is 18.1. The molecular weight excluding hydrogens is 312 g/mol. The number of benzene rings is 1. The maximum atomic E-state index is 10.1. The molecule has 0 saturated heterocycles. The largest absolute Gasteiger partial charge is 0.390 e. The highest BCUT2D eigenvalue weighted by atomic mass is 16.3. The van der Waals surface area contributed by atoms with Crippen LogP contribution in [0.15, 0.2) is 42.7 Å². The van der Waals surface area contributed by atoms with Crippen LogP contribution in [-0.4, -0.2) is 31.3 Å². The van der Waals surface area contributed by atoms with Gasteiger partial charge < -0.3 is 10.4 Å². The van der Waals surface area contributed by atoms with Crippen molar-refractivity contribution < 1.29 is 5.11 Å². The van der Waals surface area contributed by atoms with Crippen LogP contribution in [0.1, 0.15) is 38.2 Å².